The van der Waals surface area contributed by atoms with Gasteiger partial charge in [0.1, 0.15) is 0 Å². The molecule has 2 aromatic carbocycles. The second-order valence-corrected chi connectivity index (χ2v) is 5.35. The third-order valence-electron chi connectivity index (χ3n) is 3.74. The number of nitro benzene ring substituents is 1. The lowest BCUT2D eigenvalue weighted by Gasteiger charge is -2.17. The number of hydrogen-bond donors (Lipinski definition) is 1. The zero-order valence-corrected chi connectivity index (χ0v) is 13.4. The largest absolute Gasteiger partial charge is 0.487 e. The van der Waals surface area contributed by atoms with Crippen LogP contribution >= 0.6 is 0 Å². The number of benzene rings is 2. The van der Waals surface area contributed by atoms with Crippen molar-refractivity contribution in [3.05, 3.63) is 52.1 Å². The number of hydrogen-bond acceptors (Lipinski definition) is 6. The fraction of sp³-hybridized carbons (Fsp3) is 0.294. The average Bonchev–Trinajstić information content (AvgIpc) is 3.02. The first kappa shape index (κ1) is 15.9. The summed E-state index contributed by atoms with van der Waals surface area (Å²) >= 11 is 0. The Labute approximate surface area is 139 Å². The van der Waals surface area contributed by atoms with E-state index in [4.69, 9.17) is 14.2 Å². The monoisotopic (exact) mass is 330 g/mol. The van der Waals surface area contributed by atoms with Crippen LogP contribution in [0.1, 0.15) is 25.5 Å². The third-order valence-corrected chi connectivity index (χ3v) is 3.74. The van der Waals surface area contributed by atoms with Gasteiger partial charge >= 0.3 is 5.69 Å². The number of fused-ring (bicyclic) bond motifs is 1. The van der Waals surface area contributed by atoms with Crippen LogP contribution in [0.25, 0.3) is 0 Å². The summed E-state index contributed by atoms with van der Waals surface area (Å²) in [5.74, 6) is 1.71. The SMILES string of the molecule is CCOc1cc(NC(C)c2ccc3c(c2)OCO3)ccc1[N+](=O)[O-]. The van der Waals surface area contributed by atoms with Crippen molar-refractivity contribution >= 4 is 11.4 Å². The molecule has 7 heteroatoms. The van der Waals surface area contributed by atoms with E-state index in [1.54, 1.807) is 19.1 Å². The van der Waals surface area contributed by atoms with Crippen LogP contribution in [0.3, 0.4) is 0 Å². The second kappa shape index (κ2) is 6.66. The number of nitrogens with zero attached hydrogens (tertiary/aromatic N) is 1. The predicted molar refractivity (Wildman–Crippen MR) is 88.9 cm³/mol. The van der Waals surface area contributed by atoms with Gasteiger partial charge in [0.2, 0.25) is 6.79 Å². The normalized spacial score (nSPS) is 13.4. The Hall–Kier alpha value is -2.96. The van der Waals surface area contributed by atoms with E-state index in [1.807, 2.05) is 25.1 Å². The maximum Gasteiger partial charge on any atom is 0.311 e. The van der Waals surface area contributed by atoms with Crippen molar-refractivity contribution in [2.75, 3.05) is 18.7 Å². The topological polar surface area (TPSA) is 82.9 Å². The molecule has 1 heterocycles. The molecule has 24 heavy (non-hydrogen) atoms. The van der Waals surface area contributed by atoms with Crippen molar-refractivity contribution in [3.8, 4) is 17.2 Å². The molecular weight excluding hydrogens is 312 g/mol. The molecule has 0 radical (unpaired) electrons. The predicted octanol–water partition coefficient (Wildman–Crippen LogP) is 3.90. The van der Waals surface area contributed by atoms with E-state index in [0.29, 0.717) is 6.61 Å². The van der Waals surface area contributed by atoms with E-state index in [2.05, 4.69) is 5.32 Å². The maximum absolute atomic E-state index is 11.0. The van der Waals surface area contributed by atoms with Crippen molar-refractivity contribution in [3.63, 3.8) is 0 Å². The molecule has 1 unspecified atom stereocenters. The molecule has 0 spiro atoms. The lowest BCUT2D eigenvalue weighted by molar-refractivity contribution is -0.385. The first-order valence-electron chi connectivity index (χ1n) is 7.66. The van der Waals surface area contributed by atoms with Crippen molar-refractivity contribution in [1.82, 2.24) is 0 Å². The molecule has 0 amide bonds. The van der Waals surface area contributed by atoms with Gasteiger partial charge in [0, 0.05) is 23.9 Å². The molecule has 0 bridgehead atoms. The molecule has 1 N–H and O–H groups in total. The minimum Gasteiger partial charge on any atom is -0.487 e. The minimum atomic E-state index is -0.448. The molecule has 1 aliphatic rings. The van der Waals surface area contributed by atoms with Gasteiger partial charge in [-0.25, -0.2) is 0 Å². The van der Waals surface area contributed by atoms with Gasteiger partial charge in [0.15, 0.2) is 17.2 Å². The van der Waals surface area contributed by atoms with Crippen LogP contribution in [0.4, 0.5) is 11.4 Å². The fourth-order valence-corrected chi connectivity index (χ4v) is 2.54. The Morgan fingerprint density at radius 1 is 1.25 bits per heavy atom. The third kappa shape index (κ3) is 3.19. The van der Waals surface area contributed by atoms with E-state index in [-0.39, 0.29) is 24.3 Å². The van der Waals surface area contributed by atoms with E-state index < -0.39 is 4.92 Å². The first-order valence-corrected chi connectivity index (χ1v) is 7.66. The van der Waals surface area contributed by atoms with E-state index in [0.717, 1.165) is 22.7 Å². The van der Waals surface area contributed by atoms with Crippen LogP contribution in [0, 0.1) is 10.1 Å². The number of ether oxygens (including phenoxy) is 3. The van der Waals surface area contributed by atoms with Crippen LogP contribution in [0.5, 0.6) is 17.2 Å². The standard InChI is InChI=1S/C17H18N2O5/c1-3-22-16-9-13(5-6-14(16)19(20)21)18-11(2)12-4-7-15-17(8-12)24-10-23-15/h4-9,11,18H,3,10H2,1-2H3. The minimum absolute atomic E-state index is 0.0181. The molecule has 7 nitrogen and oxygen atoms in total. The zero-order chi connectivity index (χ0) is 17.1. The number of nitro groups is 1. The lowest BCUT2D eigenvalue weighted by atomic mass is 10.1. The number of rotatable bonds is 6. The summed E-state index contributed by atoms with van der Waals surface area (Å²) in [4.78, 5) is 10.6. The number of nitrogens with one attached hydrogen (secondary N) is 1. The average molecular weight is 330 g/mol. The van der Waals surface area contributed by atoms with E-state index in [1.165, 1.54) is 6.07 Å². The number of anilines is 1. The highest BCUT2D eigenvalue weighted by Gasteiger charge is 2.18. The Morgan fingerprint density at radius 3 is 2.79 bits per heavy atom. The Morgan fingerprint density at radius 2 is 2.04 bits per heavy atom. The Kier molecular flexibility index (Phi) is 4.41. The zero-order valence-electron chi connectivity index (χ0n) is 13.4. The molecule has 1 atom stereocenters. The van der Waals surface area contributed by atoms with Crippen molar-refractivity contribution in [2.24, 2.45) is 0 Å². The lowest BCUT2D eigenvalue weighted by Crippen LogP contribution is -2.07. The van der Waals surface area contributed by atoms with Gasteiger partial charge in [0.25, 0.3) is 0 Å². The molecule has 0 fully saturated rings. The highest BCUT2D eigenvalue weighted by atomic mass is 16.7. The summed E-state index contributed by atoms with van der Waals surface area (Å²) in [7, 11) is 0. The van der Waals surface area contributed by atoms with Gasteiger partial charge in [-0.15, -0.1) is 0 Å². The highest BCUT2D eigenvalue weighted by molar-refractivity contribution is 5.59. The molecular formula is C17H18N2O5. The van der Waals surface area contributed by atoms with Crippen molar-refractivity contribution in [1.29, 1.82) is 0 Å². The Balaban J connectivity index is 1.80. The van der Waals surface area contributed by atoms with Gasteiger partial charge in [-0.3, -0.25) is 10.1 Å². The summed E-state index contributed by atoms with van der Waals surface area (Å²) in [6, 6.07) is 10.5. The van der Waals surface area contributed by atoms with Crippen molar-refractivity contribution in [2.45, 2.75) is 19.9 Å². The van der Waals surface area contributed by atoms with Crippen LogP contribution in [-0.4, -0.2) is 18.3 Å². The van der Waals surface area contributed by atoms with Gasteiger partial charge in [-0.1, -0.05) is 6.07 Å². The van der Waals surface area contributed by atoms with E-state index >= 15 is 0 Å². The maximum atomic E-state index is 11.0. The summed E-state index contributed by atoms with van der Waals surface area (Å²) in [5.41, 5.74) is 1.72. The molecule has 0 aliphatic carbocycles. The van der Waals surface area contributed by atoms with Crippen molar-refractivity contribution < 1.29 is 19.1 Å². The van der Waals surface area contributed by atoms with Crippen LogP contribution < -0.4 is 19.5 Å². The highest BCUT2D eigenvalue weighted by Crippen LogP contribution is 2.36. The molecule has 0 saturated heterocycles. The second-order valence-electron chi connectivity index (χ2n) is 5.35. The quantitative estimate of drug-likeness (QED) is 0.639. The fourth-order valence-electron chi connectivity index (χ4n) is 2.54. The summed E-state index contributed by atoms with van der Waals surface area (Å²) in [6.07, 6.45) is 0. The molecule has 3 rings (SSSR count). The molecule has 0 saturated carbocycles. The molecule has 126 valence electrons. The smallest absolute Gasteiger partial charge is 0.311 e. The van der Waals surface area contributed by atoms with Crippen LogP contribution in [-0.2, 0) is 0 Å². The first-order chi connectivity index (χ1) is 11.6. The van der Waals surface area contributed by atoms with Gasteiger partial charge in [-0.05, 0) is 37.6 Å². The van der Waals surface area contributed by atoms with Gasteiger partial charge < -0.3 is 19.5 Å². The summed E-state index contributed by atoms with van der Waals surface area (Å²) < 4.78 is 16.1. The van der Waals surface area contributed by atoms with E-state index in [9.17, 15) is 10.1 Å². The molecule has 2 aromatic rings. The summed E-state index contributed by atoms with van der Waals surface area (Å²) in [5, 5.41) is 14.4. The van der Waals surface area contributed by atoms with Crippen LogP contribution in [0.15, 0.2) is 36.4 Å². The molecule has 0 aromatic heterocycles. The van der Waals surface area contributed by atoms with Crippen LogP contribution in [0.2, 0.25) is 0 Å². The van der Waals surface area contributed by atoms with Gasteiger partial charge in [0.05, 0.1) is 11.5 Å². The van der Waals surface area contributed by atoms with Gasteiger partial charge in [-0.2, -0.15) is 0 Å². The summed E-state index contributed by atoms with van der Waals surface area (Å²) in [6.45, 7) is 4.39. The Bertz CT molecular complexity index is 763. The molecule has 1 aliphatic heterocycles.